The third-order valence-electron chi connectivity index (χ3n) is 2.30. The highest BCUT2D eigenvalue weighted by molar-refractivity contribution is 7.99. The largest absolute Gasteiger partial charge is 0.481 e. The van der Waals surface area contributed by atoms with Crippen LogP contribution >= 0.6 is 11.8 Å². The van der Waals surface area contributed by atoms with Gasteiger partial charge in [0, 0.05) is 24.8 Å². The molecule has 6 nitrogen and oxygen atoms in total. The van der Waals surface area contributed by atoms with Gasteiger partial charge < -0.3 is 15.7 Å². The summed E-state index contributed by atoms with van der Waals surface area (Å²) < 4.78 is 13.4. The van der Waals surface area contributed by atoms with Crippen molar-refractivity contribution in [2.75, 3.05) is 23.4 Å². The van der Waals surface area contributed by atoms with Gasteiger partial charge in [-0.2, -0.15) is 0 Å². The van der Waals surface area contributed by atoms with Crippen LogP contribution in [0.25, 0.3) is 0 Å². The Labute approximate surface area is 125 Å². The van der Waals surface area contributed by atoms with E-state index < -0.39 is 23.6 Å². The van der Waals surface area contributed by atoms with Crippen LogP contribution in [0.1, 0.15) is 17.3 Å². The molecule has 0 heterocycles. The summed E-state index contributed by atoms with van der Waals surface area (Å²) in [5.41, 5.74) is 0.152. The van der Waals surface area contributed by atoms with Crippen LogP contribution in [-0.2, 0) is 9.59 Å². The standard InChI is InChI=1S/C13H15FN2O4S/c1-8(17)16-11-6-9(2-3-10(11)14)13(20)15-4-5-21-7-12(18)19/h2-3,6H,4-5,7H2,1H3,(H,15,20)(H,16,17)(H,18,19). The molecule has 0 aliphatic heterocycles. The molecule has 0 fully saturated rings. The molecule has 2 amide bonds. The average molecular weight is 314 g/mol. The van der Waals surface area contributed by atoms with Crippen molar-refractivity contribution in [1.29, 1.82) is 0 Å². The van der Waals surface area contributed by atoms with E-state index in [0.717, 1.165) is 6.07 Å². The summed E-state index contributed by atoms with van der Waals surface area (Å²) in [6, 6.07) is 3.65. The zero-order valence-electron chi connectivity index (χ0n) is 11.3. The van der Waals surface area contributed by atoms with E-state index in [4.69, 9.17) is 5.11 Å². The second-order valence-corrected chi connectivity index (χ2v) is 5.18. The first-order valence-electron chi connectivity index (χ1n) is 6.05. The van der Waals surface area contributed by atoms with Gasteiger partial charge in [-0.3, -0.25) is 14.4 Å². The molecule has 0 bridgehead atoms. The minimum absolute atomic E-state index is 0.0287. The van der Waals surface area contributed by atoms with E-state index in [1.165, 1.54) is 30.8 Å². The zero-order valence-corrected chi connectivity index (χ0v) is 12.1. The Bertz CT molecular complexity index is 551. The van der Waals surface area contributed by atoms with Crippen molar-refractivity contribution in [3.05, 3.63) is 29.6 Å². The van der Waals surface area contributed by atoms with Gasteiger partial charge >= 0.3 is 5.97 Å². The molecule has 21 heavy (non-hydrogen) atoms. The Kier molecular flexibility index (Phi) is 6.67. The number of amides is 2. The Morgan fingerprint density at radius 2 is 2.05 bits per heavy atom. The number of aliphatic carboxylic acids is 1. The smallest absolute Gasteiger partial charge is 0.313 e. The van der Waals surface area contributed by atoms with Crippen LogP contribution in [0.15, 0.2) is 18.2 Å². The van der Waals surface area contributed by atoms with Crippen molar-refractivity contribution >= 4 is 35.2 Å². The number of hydrogen-bond acceptors (Lipinski definition) is 4. The van der Waals surface area contributed by atoms with E-state index in [2.05, 4.69) is 10.6 Å². The Hall–Kier alpha value is -2.09. The second kappa shape index (κ2) is 8.25. The van der Waals surface area contributed by atoms with Gasteiger partial charge in [0.05, 0.1) is 11.4 Å². The summed E-state index contributed by atoms with van der Waals surface area (Å²) in [7, 11) is 0. The molecule has 1 aromatic carbocycles. The summed E-state index contributed by atoms with van der Waals surface area (Å²) in [4.78, 5) is 33.0. The molecule has 0 aliphatic carbocycles. The van der Waals surface area contributed by atoms with Gasteiger partial charge in [0.1, 0.15) is 5.82 Å². The Balaban J connectivity index is 2.54. The third kappa shape index (κ3) is 6.26. The first-order valence-corrected chi connectivity index (χ1v) is 7.20. The van der Waals surface area contributed by atoms with E-state index in [-0.39, 0.29) is 17.0 Å². The van der Waals surface area contributed by atoms with Crippen molar-refractivity contribution < 1.29 is 23.9 Å². The average Bonchev–Trinajstić information content (AvgIpc) is 2.39. The lowest BCUT2D eigenvalue weighted by molar-refractivity contribution is -0.133. The summed E-state index contributed by atoms with van der Waals surface area (Å²) in [6.07, 6.45) is 0. The normalized spacial score (nSPS) is 10.0. The van der Waals surface area contributed by atoms with Crippen LogP contribution in [-0.4, -0.2) is 40.9 Å². The maximum Gasteiger partial charge on any atom is 0.313 e. The quantitative estimate of drug-likeness (QED) is 0.660. The number of carbonyl (C=O) groups excluding carboxylic acids is 2. The molecule has 1 rings (SSSR count). The molecular weight excluding hydrogens is 299 g/mol. The van der Waals surface area contributed by atoms with E-state index >= 15 is 0 Å². The number of carboxylic acid groups (broad SMARTS) is 1. The van der Waals surface area contributed by atoms with Crippen molar-refractivity contribution in [2.45, 2.75) is 6.92 Å². The molecule has 0 saturated carbocycles. The van der Waals surface area contributed by atoms with Crippen LogP contribution in [0, 0.1) is 5.82 Å². The monoisotopic (exact) mass is 314 g/mol. The molecular formula is C13H15FN2O4S. The minimum atomic E-state index is -0.912. The first-order chi connectivity index (χ1) is 9.90. The van der Waals surface area contributed by atoms with Crippen molar-refractivity contribution in [2.24, 2.45) is 0 Å². The lowest BCUT2D eigenvalue weighted by atomic mass is 10.1. The van der Waals surface area contributed by atoms with Gasteiger partial charge in [-0.25, -0.2) is 4.39 Å². The van der Waals surface area contributed by atoms with Gasteiger partial charge in [0.2, 0.25) is 5.91 Å². The summed E-state index contributed by atoms with van der Waals surface area (Å²) >= 11 is 1.18. The third-order valence-corrected chi connectivity index (χ3v) is 3.24. The van der Waals surface area contributed by atoms with Crippen molar-refractivity contribution in [3.8, 4) is 0 Å². The highest BCUT2D eigenvalue weighted by atomic mass is 32.2. The lowest BCUT2D eigenvalue weighted by Gasteiger charge is -2.08. The minimum Gasteiger partial charge on any atom is -0.481 e. The van der Waals surface area contributed by atoms with Gasteiger partial charge in [0.25, 0.3) is 5.91 Å². The highest BCUT2D eigenvalue weighted by Gasteiger charge is 2.10. The molecule has 1 aromatic rings. The molecule has 0 aliphatic rings. The molecule has 0 saturated heterocycles. The molecule has 3 N–H and O–H groups in total. The van der Waals surface area contributed by atoms with Crippen LogP contribution in [0.4, 0.5) is 10.1 Å². The predicted octanol–water partition coefficient (Wildman–Crippen LogP) is 1.33. The fourth-order valence-corrected chi connectivity index (χ4v) is 2.02. The van der Waals surface area contributed by atoms with Gasteiger partial charge in [-0.15, -0.1) is 11.8 Å². The van der Waals surface area contributed by atoms with Crippen LogP contribution in [0.3, 0.4) is 0 Å². The molecule has 0 atom stereocenters. The van der Waals surface area contributed by atoms with Gasteiger partial charge in [-0.1, -0.05) is 0 Å². The van der Waals surface area contributed by atoms with E-state index in [1.807, 2.05) is 0 Å². The Morgan fingerprint density at radius 3 is 2.67 bits per heavy atom. The number of halogens is 1. The fraction of sp³-hybridized carbons (Fsp3) is 0.308. The highest BCUT2D eigenvalue weighted by Crippen LogP contribution is 2.16. The van der Waals surface area contributed by atoms with Crippen LogP contribution < -0.4 is 10.6 Å². The SMILES string of the molecule is CC(=O)Nc1cc(C(=O)NCCSCC(=O)O)ccc1F. The fourth-order valence-electron chi connectivity index (χ4n) is 1.45. The van der Waals surface area contributed by atoms with Gasteiger partial charge in [0.15, 0.2) is 0 Å². The van der Waals surface area contributed by atoms with E-state index in [1.54, 1.807) is 0 Å². The summed E-state index contributed by atoms with van der Waals surface area (Å²) in [6.45, 7) is 1.54. The number of anilines is 1. The molecule has 0 unspecified atom stereocenters. The Morgan fingerprint density at radius 1 is 1.33 bits per heavy atom. The van der Waals surface area contributed by atoms with Crippen LogP contribution in [0.2, 0.25) is 0 Å². The number of nitrogens with one attached hydrogen (secondary N) is 2. The number of carbonyl (C=O) groups is 3. The topological polar surface area (TPSA) is 95.5 Å². The molecule has 114 valence electrons. The van der Waals surface area contributed by atoms with Crippen LogP contribution in [0.5, 0.6) is 0 Å². The first kappa shape index (κ1) is 17.0. The number of thioether (sulfide) groups is 1. The zero-order chi connectivity index (χ0) is 15.8. The second-order valence-electron chi connectivity index (χ2n) is 4.08. The number of carboxylic acids is 1. The van der Waals surface area contributed by atoms with Crippen molar-refractivity contribution in [1.82, 2.24) is 5.32 Å². The summed E-state index contributed by atoms with van der Waals surface area (Å²) in [5, 5.41) is 13.3. The van der Waals surface area contributed by atoms with E-state index in [9.17, 15) is 18.8 Å². The molecule has 0 spiro atoms. The number of benzene rings is 1. The molecule has 8 heteroatoms. The maximum atomic E-state index is 13.4. The van der Waals surface area contributed by atoms with Crippen molar-refractivity contribution in [3.63, 3.8) is 0 Å². The predicted molar refractivity (Wildman–Crippen MR) is 78.0 cm³/mol. The molecule has 0 aromatic heterocycles. The summed E-state index contributed by atoms with van der Waals surface area (Å²) in [5.74, 6) is -1.96. The lowest BCUT2D eigenvalue weighted by Crippen LogP contribution is -2.26. The maximum absolute atomic E-state index is 13.4. The number of hydrogen-bond donors (Lipinski definition) is 3. The van der Waals surface area contributed by atoms with E-state index in [0.29, 0.717) is 12.3 Å². The number of rotatable bonds is 7. The van der Waals surface area contributed by atoms with Gasteiger partial charge in [-0.05, 0) is 18.2 Å². The molecule has 0 radical (unpaired) electrons.